The van der Waals surface area contributed by atoms with Crippen LogP contribution in [0.15, 0.2) is 24.8 Å². The van der Waals surface area contributed by atoms with Crippen LogP contribution in [0.5, 0.6) is 0 Å². The average molecular weight is 370 g/mol. The Kier molecular flexibility index (Phi) is 4.58. The Morgan fingerprint density at radius 2 is 1.88 bits per heavy atom. The van der Waals surface area contributed by atoms with Gasteiger partial charge < -0.3 is 33.9 Å². The number of aliphatic carboxylic acids is 1. The van der Waals surface area contributed by atoms with Crippen LogP contribution in [0, 0.1) is 5.92 Å². The van der Waals surface area contributed by atoms with Gasteiger partial charge in [0.1, 0.15) is 24.7 Å². The summed E-state index contributed by atoms with van der Waals surface area (Å²) in [6, 6.07) is 0. The van der Waals surface area contributed by atoms with Crippen molar-refractivity contribution in [1.29, 1.82) is 0 Å². The number of rotatable bonds is 4. The molecule has 3 rings (SSSR count). The fourth-order valence-electron chi connectivity index (χ4n) is 3.89. The van der Waals surface area contributed by atoms with Crippen LogP contribution in [-0.4, -0.2) is 64.6 Å². The smallest absolute Gasteiger partial charge is 0.313 e. The van der Waals surface area contributed by atoms with Crippen molar-refractivity contribution in [2.24, 2.45) is 5.92 Å². The zero-order valence-corrected chi connectivity index (χ0v) is 15.4. The molecule has 5 atom stereocenters. The Balaban J connectivity index is 2.12. The minimum absolute atomic E-state index is 0.0767. The molecule has 0 aromatic rings. The molecule has 3 heterocycles. The molecule has 0 saturated carbocycles. The van der Waals surface area contributed by atoms with Gasteiger partial charge in [0, 0.05) is 0 Å². The first-order valence-electron chi connectivity index (χ1n) is 8.54. The van der Waals surface area contributed by atoms with Gasteiger partial charge in [-0.3, -0.25) is 4.79 Å². The third-order valence-electron chi connectivity index (χ3n) is 4.91. The number of ether oxygens (including phenoxy) is 5. The Morgan fingerprint density at radius 1 is 1.19 bits per heavy atom. The van der Waals surface area contributed by atoms with Gasteiger partial charge in [-0.25, -0.2) is 0 Å². The summed E-state index contributed by atoms with van der Waals surface area (Å²) in [5, 5.41) is 21.7. The monoisotopic (exact) mass is 370 g/mol. The first-order valence-corrected chi connectivity index (χ1v) is 8.54. The lowest BCUT2D eigenvalue weighted by molar-refractivity contribution is -0.373. The minimum atomic E-state index is -2.09. The van der Waals surface area contributed by atoms with E-state index in [1.54, 1.807) is 27.7 Å². The van der Waals surface area contributed by atoms with Crippen molar-refractivity contribution in [3.8, 4) is 0 Å². The van der Waals surface area contributed by atoms with Crippen LogP contribution in [0.3, 0.4) is 0 Å². The molecule has 26 heavy (non-hydrogen) atoms. The maximum absolute atomic E-state index is 12.1. The summed E-state index contributed by atoms with van der Waals surface area (Å²) in [6.07, 6.45) is 2.59. The highest BCUT2D eigenvalue weighted by atomic mass is 16.9. The minimum Gasteiger partial charge on any atom is -0.481 e. The van der Waals surface area contributed by atoms with Crippen LogP contribution in [0.4, 0.5) is 0 Å². The lowest BCUT2D eigenvalue weighted by Crippen LogP contribution is -2.74. The predicted octanol–water partition coefficient (Wildman–Crippen LogP) is 1.19. The van der Waals surface area contributed by atoms with Gasteiger partial charge in [-0.2, -0.15) is 0 Å². The maximum Gasteiger partial charge on any atom is 0.313 e. The standard InChI is InChI=1S/C18H26O8/c1-6-7-8-11(14(19)20)18(21)13-12(24-16(4,5)25-13)9-22-17(18)10-23-15(2,3)26-17/h6-8,11-13,21H,1,9-10H2,2-5H3,(H,19,20)/b8-7+/t11?,12-,13-,17+,18-/m1/s1. The number of hydrogen-bond donors (Lipinski definition) is 2. The molecule has 146 valence electrons. The zero-order valence-electron chi connectivity index (χ0n) is 15.4. The van der Waals surface area contributed by atoms with Crippen LogP contribution in [0.25, 0.3) is 0 Å². The first kappa shape index (κ1) is 19.5. The van der Waals surface area contributed by atoms with E-state index in [-0.39, 0.29) is 13.2 Å². The molecule has 3 aliphatic heterocycles. The van der Waals surface area contributed by atoms with Gasteiger partial charge >= 0.3 is 5.97 Å². The first-order chi connectivity index (χ1) is 12.0. The largest absolute Gasteiger partial charge is 0.481 e. The second kappa shape index (κ2) is 6.12. The molecule has 1 spiro atoms. The number of hydrogen-bond acceptors (Lipinski definition) is 7. The van der Waals surface area contributed by atoms with Crippen molar-refractivity contribution in [2.45, 2.75) is 62.9 Å². The molecular formula is C18H26O8. The lowest BCUT2D eigenvalue weighted by atomic mass is 9.72. The van der Waals surface area contributed by atoms with Gasteiger partial charge in [-0.15, -0.1) is 0 Å². The zero-order chi connectivity index (χ0) is 19.4. The Bertz CT molecular complexity index is 625. The highest BCUT2D eigenvalue weighted by molar-refractivity contribution is 5.74. The van der Waals surface area contributed by atoms with Gasteiger partial charge in [0.15, 0.2) is 17.2 Å². The quantitative estimate of drug-likeness (QED) is 0.712. The average Bonchev–Trinajstić information content (AvgIpc) is 3.01. The van der Waals surface area contributed by atoms with Crippen LogP contribution < -0.4 is 0 Å². The molecule has 0 radical (unpaired) electrons. The van der Waals surface area contributed by atoms with Crippen LogP contribution >= 0.6 is 0 Å². The second-order valence-corrected chi connectivity index (χ2v) is 7.71. The number of fused-ring (bicyclic) bond motifs is 1. The molecule has 8 nitrogen and oxygen atoms in total. The number of aliphatic hydroxyl groups is 1. The van der Waals surface area contributed by atoms with Crippen molar-refractivity contribution in [1.82, 2.24) is 0 Å². The summed E-state index contributed by atoms with van der Waals surface area (Å²) in [7, 11) is 0. The van der Waals surface area contributed by atoms with Gasteiger partial charge in [-0.1, -0.05) is 24.8 Å². The van der Waals surface area contributed by atoms with E-state index >= 15 is 0 Å². The molecule has 3 aliphatic rings. The van der Waals surface area contributed by atoms with E-state index in [0.717, 1.165) is 0 Å². The molecule has 3 saturated heterocycles. The molecule has 0 amide bonds. The van der Waals surface area contributed by atoms with Crippen molar-refractivity contribution in [3.63, 3.8) is 0 Å². The molecule has 0 aromatic carbocycles. The lowest BCUT2D eigenvalue weighted by Gasteiger charge is -2.52. The van der Waals surface area contributed by atoms with Gasteiger partial charge in [0.2, 0.25) is 5.79 Å². The van der Waals surface area contributed by atoms with Crippen LogP contribution in [0.2, 0.25) is 0 Å². The summed E-state index contributed by atoms with van der Waals surface area (Å²) < 4.78 is 29.1. The van der Waals surface area contributed by atoms with E-state index in [4.69, 9.17) is 23.7 Å². The number of carbonyl (C=O) groups is 1. The molecule has 1 unspecified atom stereocenters. The number of carboxylic acid groups (broad SMARTS) is 1. The van der Waals surface area contributed by atoms with E-state index in [0.29, 0.717) is 0 Å². The van der Waals surface area contributed by atoms with Gasteiger partial charge in [0.25, 0.3) is 0 Å². The Morgan fingerprint density at radius 3 is 2.42 bits per heavy atom. The Hall–Kier alpha value is -1.29. The molecule has 3 fully saturated rings. The van der Waals surface area contributed by atoms with E-state index < -0.39 is 47.1 Å². The summed E-state index contributed by atoms with van der Waals surface area (Å²) in [5.41, 5.74) is -2.09. The molecule has 0 aliphatic carbocycles. The fraction of sp³-hybridized carbons (Fsp3) is 0.722. The van der Waals surface area contributed by atoms with Gasteiger partial charge in [0.05, 0.1) is 6.61 Å². The van der Waals surface area contributed by atoms with Crippen molar-refractivity contribution in [3.05, 3.63) is 24.8 Å². The molecule has 8 heteroatoms. The second-order valence-electron chi connectivity index (χ2n) is 7.71. The van der Waals surface area contributed by atoms with Gasteiger partial charge in [-0.05, 0) is 27.7 Å². The highest BCUT2D eigenvalue weighted by Gasteiger charge is 2.74. The maximum atomic E-state index is 12.1. The van der Waals surface area contributed by atoms with E-state index in [1.807, 2.05) is 0 Å². The topological polar surface area (TPSA) is 104 Å². The third kappa shape index (κ3) is 2.90. The molecular weight excluding hydrogens is 344 g/mol. The molecule has 0 aromatic heterocycles. The summed E-state index contributed by atoms with van der Waals surface area (Å²) >= 11 is 0. The summed E-state index contributed by atoms with van der Waals surface area (Å²) in [4.78, 5) is 12.1. The number of allylic oxidation sites excluding steroid dienone is 2. The van der Waals surface area contributed by atoms with E-state index in [9.17, 15) is 15.0 Å². The summed E-state index contributed by atoms with van der Waals surface area (Å²) in [5.74, 6) is -6.42. The molecule has 2 N–H and O–H groups in total. The predicted molar refractivity (Wildman–Crippen MR) is 89.0 cm³/mol. The van der Waals surface area contributed by atoms with Crippen molar-refractivity contribution >= 4 is 5.97 Å². The normalized spacial score (nSPS) is 42.0. The van der Waals surface area contributed by atoms with E-state index in [2.05, 4.69) is 6.58 Å². The van der Waals surface area contributed by atoms with Crippen LogP contribution in [-0.2, 0) is 28.5 Å². The summed E-state index contributed by atoms with van der Waals surface area (Å²) in [6.45, 7) is 10.2. The highest BCUT2D eigenvalue weighted by Crippen LogP contribution is 2.52. The molecule has 0 bridgehead atoms. The third-order valence-corrected chi connectivity index (χ3v) is 4.91. The van der Waals surface area contributed by atoms with E-state index in [1.165, 1.54) is 18.2 Å². The van der Waals surface area contributed by atoms with Crippen molar-refractivity contribution in [2.75, 3.05) is 13.2 Å². The Labute approximate surface area is 152 Å². The van der Waals surface area contributed by atoms with Crippen LogP contribution in [0.1, 0.15) is 27.7 Å². The number of carboxylic acids is 1. The SMILES string of the molecule is C=C/C=C/C(C(=O)O)[C@@]1(O)[C@@H]2OC(C)(C)O[C@@H]2CO[C@]12COC(C)(C)O2. The van der Waals surface area contributed by atoms with Crippen molar-refractivity contribution < 1.29 is 38.7 Å². The fourth-order valence-corrected chi connectivity index (χ4v) is 3.89.